The molecule has 0 N–H and O–H groups in total. The number of rotatable bonds is 5. The molecule has 1 fully saturated rings. The lowest BCUT2D eigenvalue weighted by atomic mass is 9.78. The molecule has 1 saturated carbocycles. The van der Waals surface area contributed by atoms with Gasteiger partial charge in [-0.15, -0.1) is 0 Å². The van der Waals surface area contributed by atoms with Gasteiger partial charge in [-0.1, -0.05) is 88.4 Å². The number of benzene rings is 2. The van der Waals surface area contributed by atoms with Gasteiger partial charge < -0.3 is 9.16 Å². The van der Waals surface area contributed by atoms with Gasteiger partial charge in [-0.3, -0.25) is 9.59 Å². The normalized spacial score (nSPS) is 22.6. The number of hydrogen-bond donors (Lipinski definition) is 0. The summed E-state index contributed by atoms with van der Waals surface area (Å²) in [6.07, 6.45) is 0.231. The van der Waals surface area contributed by atoms with Crippen molar-refractivity contribution in [3.8, 4) is 0 Å². The maximum atomic E-state index is 12.6. The number of esters is 1. The van der Waals surface area contributed by atoms with E-state index in [1.165, 1.54) is 17.5 Å². The van der Waals surface area contributed by atoms with Gasteiger partial charge >= 0.3 is 5.97 Å². The van der Waals surface area contributed by atoms with E-state index < -0.39 is 14.2 Å². The number of methoxy groups -OCH3 is 1. The predicted molar refractivity (Wildman–Crippen MR) is 121 cm³/mol. The summed E-state index contributed by atoms with van der Waals surface area (Å²) in [7, 11) is -1.41. The summed E-state index contributed by atoms with van der Waals surface area (Å²) in [6, 6.07) is 20.7. The van der Waals surface area contributed by atoms with Gasteiger partial charge in [-0.2, -0.15) is 0 Å². The highest BCUT2D eigenvalue weighted by Crippen LogP contribution is 2.41. The molecule has 0 saturated heterocycles. The Morgan fingerprint density at radius 3 is 1.87 bits per heavy atom. The van der Waals surface area contributed by atoms with Gasteiger partial charge in [0.05, 0.1) is 19.1 Å². The van der Waals surface area contributed by atoms with Crippen molar-refractivity contribution in [3.63, 3.8) is 0 Å². The molecule has 1 aliphatic carbocycles. The predicted octanol–water partition coefficient (Wildman–Crippen LogP) is 3.72. The second-order valence-electron chi connectivity index (χ2n) is 9.26. The van der Waals surface area contributed by atoms with Gasteiger partial charge in [0.2, 0.25) is 0 Å². The summed E-state index contributed by atoms with van der Waals surface area (Å²) in [4.78, 5) is 24.9. The summed E-state index contributed by atoms with van der Waals surface area (Å²) < 4.78 is 12.1. The summed E-state index contributed by atoms with van der Waals surface area (Å²) in [5, 5.41) is 2.16. The first kappa shape index (κ1) is 22.4. The molecule has 5 heteroatoms. The fraction of sp³-hybridized carbons (Fsp3) is 0.440. The van der Waals surface area contributed by atoms with Crippen LogP contribution in [0.2, 0.25) is 5.04 Å². The van der Waals surface area contributed by atoms with E-state index in [2.05, 4.69) is 45.0 Å². The average Bonchev–Trinajstić information content (AvgIpc) is 2.73. The molecule has 2 aromatic rings. The van der Waals surface area contributed by atoms with Crippen LogP contribution in [0.5, 0.6) is 0 Å². The van der Waals surface area contributed by atoms with E-state index in [4.69, 9.17) is 9.16 Å². The zero-order valence-corrected chi connectivity index (χ0v) is 19.6. The van der Waals surface area contributed by atoms with Gasteiger partial charge in [0.25, 0.3) is 8.32 Å². The standard InChI is InChI=1S/C25H32O4Si/c1-18-22(24(27)28-5)16-19(26)17-23(18)29-30(25(2,3)4,20-12-8-6-9-13-20)21-14-10-7-11-15-21/h6-15,18,22-23H,16-17H2,1-5H3/t18-,22+,23+/m0/s1. The molecule has 0 amide bonds. The van der Waals surface area contributed by atoms with Crippen molar-refractivity contribution in [2.75, 3.05) is 7.11 Å². The minimum Gasteiger partial charge on any atom is -0.469 e. The van der Waals surface area contributed by atoms with Gasteiger partial charge in [-0.05, 0) is 21.3 Å². The Kier molecular flexibility index (Phi) is 6.63. The van der Waals surface area contributed by atoms with Gasteiger partial charge in [-0.25, -0.2) is 0 Å². The first-order chi connectivity index (χ1) is 14.2. The Morgan fingerprint density at radius 1 is 0.933 bits per heavy atom. The van der Waals surface area contributed by atoms with Gasteiger partial charge in [0.15, 0.2) is 0 Å². The van der Waals surface area contributed by atoms with Crippen molar-refractivity contribution in [3.05, 3.63) is 60.7 Å². The lowest BCUT2D eigenvalue weighted by Crippen LogP contribution is -2.68. The number of carbonyl (C=O) groups excluding carboxylic acids is 2. The van der Waals surface area contributed by atoms with Crippen molar-refractivity contribution < 1.29 is 18.8 Å². The van der Waals surface area contributed by atoms with Crippen LogP contribution in [0.4, 0.5) is 0 Å². The molecule has 0 aromatic heterocycles. The van der Waals surface area contributed by atoms with Crippen LogP contribution < -0.4 is 10.4 Å². The molecular formula is C25H32O4Si. The van der Waals surface area contributed by atoms with E-state index in [-0.39, 0.29) is 35.2 Å². The molecule has 4 nitrogen and oxygen atoms in total. The Labute approximate surface area is 180 Å². The second kappa shape index (κ2) is 8.86. The second-order valence-corrected chi connectivity index (χ2v) is 13.5. The molecule has 0 unspecified atom stereocenters. The van der Waals surface area contributed by atoms with Crippen LogP contribution in [0.1, 0.15) is 40.5 Å². The van der Waals surface area contributed by atoms with Crippen LogP contribution in [-0.4, -0.2) is 33.3 Å². The Morgan fingerprint density at radius 2 is 1.43 bits per heavy atom. The highest BCUT2D eigenvalue weighted by atomic mass is 28.4. The highest BCUT2D eigenvalue weighted by molar-refractivity contribution is 6.99. The van der Waals surface area contributed by atoms with Gasteiger partial charge in [0.1, 0.15) is 5.78 Å². The zero-order valence-electron chi connectivity index (χ0n) is 18.6. The fourth-order valence-electron chi connectivity index (χ4n) is 4.70. The first-order valence-corrected chi connectivity index (χ1v) is 12.5. The van der Waals surface area contributed by atoms with E-state index in [9.17, 15) is 9.59 Å². The SMILES string of the molecule is COC(=O)[C@@H]1CC(=O)C[C@@H](O[Si](c2ccccc2)(c2ccccc2)C(C)(C)C)[C@H]1C. The van der Waals surface area contributed by atoms with Crippen molar-refractivity contribution in [2.24, 2.45) is 11.8 Å². The van der Waals surface area contributed by atoms with Crippen molar-refractivity contribution >= 4 is 30.4 Å². The molecule has 0 bridgehead atoms. The zero-order chi connectivity index (χ0) is 21.9. The molecule has 3 atom stereocenters. The Balaban J connectivity index is 2.14. The quantitative estimate of drug-likeness (QED) is 0.542. The van der Waals surface area contributed by atoms with Crippen LogP contribution in [0, 0.1) is 11.8 Å². The Bertz CT molecular complexity index is 834. The molecule has 0 heterocycles. The molecule has 0 aliphatic heterocycles. The number of hydrogen-bond acceptors (Lipinski definition) is 4. The molecule has 0 radical (unpaired) electrons. The number of Topliss-reactive ketones (excluding diaryl/α,β-unsaturated/α-hetero) is 1. The third-order valence-corrected chi connectivity index (χ3v) is 11.4. The summed E-state index contributed by atoms with van der Waals surface area (Å²) in [5.74, 6) is -0.825. The molecule has 0 spiro atoms. The molecule has 30 heavy (non-hydrogen) atoms. The number of ketones is 1. The van der Waals surface area contributed by atoms with E-state index in [0.29, 0.717) is 6.42 Å². The van der Waals surface area contributed by atoms with Crippen molar-refractivity contribution in [1.82, 2.24) is 0 Å². The lowest BCUT2D eigenvalue weighted by Gasteiger charge is -2.47. The maximum absolute atomic E-state index is 12.6. The first-order valence-electron chi connectivity index (χ1n) is 10.6. The smallest absolute Gasteiger partial charge is 0.309 e. The van der Waals surface area contributed by atoms with Crippen LogP contribution in [0.25, 0.3) is 0 Å². The van der Waals surface area contributed by atoms with Crippen molar-refractivity contribution in [2.45, 2.75) is 51.7 Å². The lowest BCUT2D eigenvalue weighted by molar-refractivity contribution is -0.153. The third-order valence-electron chi connectivity index (χ3n) is 6.35. The monoisotopic (exact) mass is 424 g/mol. The van der Waals surface area contributed by atoms with Crippen molar-refractivity contribution in [1.29, 1.82) is 0 Å². The minimum absolute atomic E-state index is 0.0615. The molecule has 3 rings (SSSR count). The molecule has 1 aliphatic rings. The molecular weight excluding hydrogens is 392 g/mol. The summed E-state index contributed by atoms with van der Waals surface area (Å²) >= 11 is 0. The topological polar surface area (TPSA) is 52.6 Å². The Hall–Kier alpha value is -2.24. The summed E-state index contributed by atoms with van der Waals surface area (Å²) in [5.41, 5.74) is 0. The van der Waals surface area contributed by atoms with Crippen LogP contribution in [0.15, 0.2) is 60.7 Å². The minimum atomic E-state index is -2.79. The van der Waals surface area contributed by atoms with E-state index >= 15 is 0 Å². The summed E-state index contributed by atoms with van der Waals surface area (Å²) in [6.45, 7) is 8.65. The van der Waals surface area contributed by atoms with E-state index in [1.807, 2.05) is 43.3 Å². The fourth-order valence-corrected chi connectivity index (χ4v) is 9.47. The van der Waals surface area contributed by atoms with Gasteiger partial charge in [0, 0.05) is 12.8 Å². The largest absolute Gasteiger partial charge is 0.469 e. The third kappa shape index (κ3) is 4.14. The van der Waals surface area contributed by atoms with E-state index in [1.54, 1.807) is 0 Å². The maximum Gasteiger partial charge on any atom is 0.309 e. The number of carbonyl (C=O) groups is 2. The van der Waals surface area contributed by atoms with E-state index in [0.717, 1.165) is 0 Å². The average molecular weight is 425 g/mol. The molecule has 160 valence electrons. The number of ether oxygens (including phenoxy) is 1. The molecule has 2 aromatic carbocycles. The van der Waals surface area contributed by atoms with Crippen LogP contribution in [-0.2, 0) is 18.8 Å². The van der Waals surface area contributed by atoms with Crippen LogP contribution in [0.3, 0.4) is 0 Å². The highest BCUT2D eigenvalue weighted by Gasteiger charge is 2.53. The van der Waals surface area contributed by atoms with Crippen LogP contribution >= 0.6 is 0 Å².